The van der Waals surface area contributed by atoms with Crippen molar-refractivity contribution in [1.29, 1.82) is 5.26 Å². The van der Waals surface area contributed by atoms with Gasteiger partial charge in [0.1, 0.15) is 0 Å². The molecule has 1 amide bonds. The summed E-state index contributed by atoms with van der Waals surface area (Å²) in [5.41, 5.74) is 3.77. The predicted octanol–water partition coefficient (Wildman–Crippen LogP) is 2.76. The number of fused-ring (bicyclic) bond motifs is 1. The second-order valence-corrected chi connectivity index (χ2v) is 4.93. The number of amides is 1. The van der Waals surface area contributed by atoms with Crippen molar-refractivity contribution >= 4 is 5.91 Å². The Morgan fingerprint density at radius 3 is 2.45 bits per heavy atom. The van der Waals surface area contributed by atoms with Gasteiger partial charge in [-0.25, -0.2) is 0 Å². The number of benzene rings is 2. The van der Waals surface area contributed by atoms with Gasteiger partial charge in [0.2, 0.25) is 0 Å². The van der Waals surface area contributed by atoms with Crippen molar-refractivity contribution in [1.82, 2.24) is 4.90 Å². The molecule has 3 heteroatoms. The number of nitrogens with zero attached hydrogens (tertiary/aromatic N) is 2. The van der Waals surface area contributed by atoms with Crippen LogP contribution in [0.15, 0.2) is 48.5 Å². The lowest BCUT2D eigenvalue weighted by molar-refractivity contribution is 0.0734. The van der Waals surface area contributed by atoms with Gasteiger partial charge in [-0.15, -0.1) is 0 Å². The highest BCUT2D eigenvalue weighted by Gasteiger charge is 2.21. The number of nitriles is 1. The third-order valence-corrected chi connectivity index (χ3v) is 3.68. The molecule has 3 nitrogen and oxygen atoms in total. The largest absolute Gasteiger partial charge is 0.334 e. The van der Waals surface area contributed by atoms with E-state index in [1.54, 1.807) is 24.3 Å². The van der Waals surface area contributed by atoms with Gasteiger partial charge in [0.05, 0.1) is 11.6 Å². The highest BCUT2D eigenvalue weighted by Crippen LogP contribution is 2.20. The molecule has 0 atom stereocenters. The molecular formula is C17H14N2O. The Morgan fingerprint density at radius 1 is 1.05 bits per heavy atom. The molecule has 1 heterocycles. The normalized spacial score (nSPS) is 13.4. The number of carbonyl (C=O) groups excluding carboxylic acids is 1. The molecule has 0 aromatic heterocycles. The summed E-state index contributed by atoms with van der Waals surface area (Å²) in [5, 5.41) is 8.78. The van der Waals surface area contributed by atoms with E-state index in [4.69, 9.17) is 5.26 Å². The molecule has 0 unspecified atom stereocenters. The van der Waals surface area contributed by atoms with Crippen molar-refractivity contribution in [2.75, 3.05) is 6.54 Å². The molecule has 2 aromatic carbocycles. The maximum absolute atomic E-state index is 12.5. The second kappa shape index (κ2) is 5.18. The van der Waals surface area contributed by atoms with Gasteiger partial charge in [0, 0.05) is 18.7 Å². The summed E-state index contributed by atoms with van der Waals surface area (Å²) in [4.78, 5) is 14.3. The van der Waals surface area contributed by atoms with E-state index >= 15 is 0 Å². The summed E-state index contributed by atoms with van der Waals surface area (Å²) in [6.07, 6.45) is 0.901. The van der Waals surface area contributed by atoms with Crippen LogP contribution in [0.5, 0.6) is 0 Å². The van der Waals surface area contributed by atoms with E-state index < -0.39 is 0 Å². The third kappa shape index (κ3) is 2.28. The van der Waals surface area contributed by atoms with Gasteiger partial charge in [-0.1, -0.05) is 24.3 Å². The molecule has 98 valence electrons. The lowest BCUT2D eigenvalue weighted by atomic mass is 9.99. The standard InChI is InChI=1S/C17H14N2O/c18-11-13-5-7-15(8-6-13)17(20)19-10-9-14-3-1-2-4-16(14)12-19/h1-8H,9-10,12H2. The lowest BCUT2D eigenvalue weighted by Gasteiger charge is -2.29. The van der Waals surface area contributed by atoms with Gasteiger partial charge in [0.25, 0.3) is 5.91 Å². The van der Waals surface area contributed by atoms with Crippen LogP contribution in [-0.4, -0.2) is 17.4 Å². The van der Waals surface area contributed by atoms with Crippen LogP contribution in [0.4, 0.5) is 0 Å². The molecule has 0 radical (unpaired) electrons. The van der Waals surface area contributed by atoms with Gasteiger partial charge in [-0.3, -0.25) is 4.79 Å². The van der Waals surface area contributed by atoms with Crippen LogP contribution in [0, 0.1) is 11.3 Å². The van der Waals surface area contributed by atoms with Crippen LogP contribution in [0.2, 0.25) is 0 Å². The molecule has 0 N–H and O–H groups in total. The molecule has 1 aliphatic rings. The predicted molar refractivity (Wildman–Crippen MR) is 76.0 cm³/mol. The molecule has 0 aliphatic carbocycles. The van der Waals surface area contributed by atoms with Crippen LogP contribution in [0.25, 0.3) is 0 Å². The van der Waals surface area contributed by atoms with Crippen molar-refractivity contribution < 1.29 is 4.79 Å². The smallest absolute Gasteiger partial charge is 0.254 e. The maximum Gasteiger partial charge on any atom is 0.254 e. The van der Waals surface area contributed by atoms with E-state index in [-0.39, 0.29) is 5.91 Å². The molecule has 3 rings (SSSR count). The molecule has 0 saturated carbocycles. The first-order chi connectivity index (χ1) is 9.78. The average molecular weight is 262 g/mol. The molecule has 20 heavy (non-hydrogen) atoms. The van der Waals surface area contributed by atoms with Crippen molar-refractivity contribution in [3.63, 3.8) is 0 Å². The summed E-state index contributed by atoms with van der Waals surface area (Å²) in [5.74, 6) is 0.0315. The fourth-order valence-electron chi connectivity index (χ4n) is 2.54. The third-order valence-electron chi connectivity index (χ3n) is 3.68. The van der Waals surface area contributed by atoms with Crippen LogP contribution in [-0.2, 0) is 13.0 Å². The second-order valence-electron chi connectivity index (χ2n) is 4.93. The zero-order chi connectivity index (χ0) is 13.9. The van der Waals surface area contributed by atoms with Gasteiger partial charge in [0.15, 0.2) is 0 Å². The van der Waals surface area contributed by atoms with Crippen molar-refractivity contribution in [3.05, 3.63) is 70.8 Å². The Labute approximate surface area is 118 Å². The average Bonchev–Trinajstić information content (AvgIpc) is 2.54. The Balaban J connectivity index is 1.80. The fourth-order valence-corrected chi connectivity index (χ4v) is 2.54. The molecular weight excluding hydrogens is 248 g/mol. The quantitative estimate of drug-likeness (QED) is 0.793. The molecule has 2 aromatic rings. The van der Waals surface area contributed by atoms with Gasteiger partial charge in [-0.2, -0.15) is 5.26 Å². The summed E-state index contributed by atoms with van der Waals surface area (Å²) in [6.45, 7) is 1.41. The summed E-state index contributed by atoms with van der Waals surface area (Å²) >= 11 is 0. The van der Waals surface area contributed by atoms with Crippen molar-refractivity contribution in [3.8, 4) is 6.07 Å². The SMILES string of the molecule is N#Cc1ccc(C(=O)N2CCc3ccccc3C2)cc1. The Hall–Kier alpha value is -2.60. The zero-order valence-electron chi connectivity index (χ0n) is 11.0. The zero-order valence-corrected chi connectivity index (χ0v) is 11.0. The summed E-state index contributed by atoms with van der Waals surface area (Å²) < 4.78 is 0. The van der Waals surface area contributed by atoms with E-state index in [1.165, 1.54) is 11.1 Å². The molecule has 0 saturated heterocycles. The highest BCUT2D eigenvalue weighted by atomic mass is 16.2. The molecule has 0 fully saturated rings. The van der Waals surface area contributed by atoms with E-state index in [1.807, 2.05) is 17.0 Å². The van der Waals surface area contributed by atoms with Crippen LogP contribution >= 0.6 is 0 Å². The Morgan fingerprint density at radius 2 is 1.75 bits per heavy atom. The first-order valence-corrected chi connectivity index (χ1v) is 6.64. The van der Waals surface area contributed by atoms with Crippen molar-refractivity contribution in [2.45, 2.75) is 13.0 Å². The van der Waals surface area contributed by atoms with E-state index in [9.17, 15) is 4.79 Å². The minimum Gasteiger partial charge on any atom is -0.334 e. The fraction of sp³-hybridized carbons (Fsp3) is 0.176. The number of rotatable bonds is 1. The molecule has 1 aliphatic heterocycles. The topological polar surface area (TPSA) is 44.1 Å². The molecule has 0 bridgehead atoms. The number of hydrogen-bond acceptors (Lipinski definition) is 2. The van der Waals surface area contributed by atoms with Crippen molar-refractivity contribution in [2.24, 2.45) is 0 Å². The van der Waals surface area contributed by atoms with Gasteiger partial charge < -0.3 is 4.90 Å². The molecule has 0 spiro atoms. The number of carbonyl (C=O) groups is 1. The van der Waals surface area contributed by atoms with Gasteiger partial charge in [-0.05, 0) is 41.8 Å². The minimum atomic E-state index is 0.0315. The Bertz CT molecular complexity index is 683. The highest BCUT2D eigenvalue weighted by molar-refractivity contribution is 5.94. The van der Waals surface area contributed by atoms with Crippen LogP contribution < -0.4 is 0 Å². The monoisotopic (exact) mass is 262 g/mol. The Kier molecular flexibility index (Phi) is 3.22. The van der Waals surface area contributed by atoms with Gasteiger partial charge >= 0.3 is 0 Å². The summed E-state index contributed by atoms with van der Waals surface area (Å²) in [6, 6.07) is 17.1. The van der Waals surface area contributed by atoms with E-state index in [0.29, 0.717) is 17.7 Å². The maximum atomic E-state index is 12.5. The summed E-state index contributed by atoms with van der Waals surface area (Å²) in [7, 11) is 0. The van der Waals surface area contributed by atoms with Crippen LogP contribution in [0.3, 0.4) is 0 Å². The van der Waals surface area contributed by atoms with E-state index in [0.717, 1.165) is 13.0 Å². The van der Waals surface area contributed by atoms with E-state index in [2.05, 4.69) is 18.2 Å². The lowest BCUT2D eigenvalue weighted by Crippen LogP contribution is -2.35. The number of hydrogen-bond donors (Lipinski definition) is 0. The van der Waals surface area contributed by atoms with Crippen LogP contribution in [0.1, 0.15) is 27.0 Å². The minimum absolute atomic E-state index is 0.0315. The first-order valence-electron chi connectivity index (χ1n) is 6.64. The first kappa shape index (κ1) is 12.4.